The van der Waals surface area contributed by atoms with Crippen molar-refractivity contribution in [2.24, 2.45) is 5.73 Å². The summed E-state index contributed by atoms with van der Waals surface area (Å²) in [5.74, 6) is -0.447. The molecule has 1 aromatic carbocycles. The highest BCUT2D eigenvalue weighted by atomic mass is 19.1. The maximum absolute atomic E-state index is 13.4. The summed E-state index contributed by atoms with van der Waals surface area (Å²) in [5, 5.41) is 0. The van der Waals surface area contributed by atoms with Crippen molar-refractivity contribution in [2.45, 2.75) is 13.0 Å². The molecule has 0 saturated carbocycles. The topological polar surface area (TPSA) is 47.5 Å². The van der Waals surface area contributed by atoms with Crippen LogP contribution in [0.5, 0.6) is 0 Å². The van der Waals surface area contributed by atoms with Crippen LogP contribution in [0.3, 0.4) is 0 Å². The lowest BCUT2D eigenvalue weighted by Crippen LogP contribution is -2.18. The molecule has 106 valence electrons. The number of aromatic nitrogens is 1. The summed E-state index contributed by atoms with van der Waals surface area (Å²) in [4.78, 5) is 12.2. The van der Waals surface area contributed by atoms with Gasteiger partial charge in [0.25, 0.3) is 5.56 Å². The zero-order chi connectivity index (χ0) is 15.0. The number of hydrogen-bond acceptors (Lipinski definition) is 2. The highest BCUT2D eigenvalue weighted by molar-refractivity contribution is 5.83. The van der Waals surface area contributed by atoms with E-state index < -0.39 is 5.82 Å². The second-order valence-electron chi connectivity index (χ2n) is 5.07. The predicted octanol–water partition coefficient (Wildman–Crippen LogP) is 3.13. The number of nitrogens with zero attached hydrogens (tertiary/aromatic N) is 1. The van der Waals surface area contributed by atoms with Gasteiger partial charge in [-0.25, -0.2) is 4.39 Å². The van der Waals surface area contributed by atoms with E-state index in [2.05, 4.69) is 0 Å². The molecule has 4 heteroatoms. The first kappa shape index (κ1) is 13.5. The fraction of sp³-hybridized carbons (Fsp3) is 0.118. The predicted molar refractivity (Wildman–Crippen MR) is 81.7 cm³/mol. The molecule has 0 radical (unpaired) electrons. The molecule has 2 N–H and O–H groups in total. The average Bonchev–Trinajstić information content (AvgIpc) is 2.48. The zero-order valence-electron chi connectivity index (χ0n) is 11.6. The van der Waals surface area contributed by atoms with Crippen LogP contribution in [0, 0.1) is 5.82 Å². The Morgan fingerprint density at radius 3 is 2.52 bits per heavy atom. The van der Waals surface area contributed by atoms with Gasteiger partial charge in [0.1, 0.15) is 5.82 Å². The standard InChI is InChI=1S/C17H15FN2O/c1-11(19)14-9-16(21)20-10-13(18)7-8-15(20)17(14)12-5-3-2-4-6-12/h2-11H,19H2,1H3. The van der Waals surface area contributed by atoms with Crippen LogP contribution in [-0.2, 0) is 0 Å². The van der Waals surface area contributed by atoms with Crippen LogP contribution in [0.4, 0.5) is 4.39 Å². The fourth-order valence-corrected chi connectivity index (χ4v) is 2.56. The SMILES string of the molecule is CC(N)c1cc(=O)n2cc(F)ccc2c1-c1ccccc1. The Labute approximate surface area is 121 Å². The van der Waals surface area contributed by atoms with E-state index in [1.807, 2.05) is 37.3 Å². The number of hydrogen-bond donors (Lipinski definition) is 1. The highest BCUT2D eigenvalue weighted by Gasteiger charge is 2.15. The molecular weight excluding hydrogens is 267 g/mol. The van der Waals surface area contributed by atoms with E-state index in [1.54, 1.807) is 6.07 Å². The Hall–Kier alpha value is -2.46. The lowest BCUT2D eigenvalue weighted by molar-refractivity contribution is 0.618. The Morgan fingerprint density at radius 2 is 1.86 bits per heavy atom. The van der Waals surface area contributed by atoms with E-state index in [9.17, 15) is 9.18 Å². The summed E-state index contributed by atoms with van der Waals surface area (Å²) in [6, 6.07) is 13.8. The second-order valence-corrected chi connectivity index (χ2v) is 5.07. The van der Waals surface area contributed by atoms with Crippen LogP contribution in [0.2, 0.25) is 0 Å². The molecule has 0 aliphatic rings. The minimum absolute atomic E-state index is 0.281. The molecule has 2 heterocycles. The van der Waals surface area contributed by atoms with Crippen molar-refractivity contribution in [2.75, 3.05) is 0 Å². The summed E-state index contributed by atoms with van der Waals surface area (Å²) >= 11 is 0. The lowest BCUT2D eigenvalue weighted by Gasteiger charge is -2.16. The molecule has 0 aliphatic carbocycles. The van der Waals surface area contributed by atoms with Crippen LogP contribution < -0.4 is 11.3 Å². The third kappa shape index (κ3) is 2.34. The number of halogens is 1. The van der Waals surface area contributed by atoms with Crippen molar-refractivity contribution in [3.8, 4) is 11.1 Å². The summed E-state index contributed by atoms with van der Waals surface area (Å²) in [5.41, 5.74) is 8.97. The van der Waals surface area contributed by atoms with Gasteiger partial charge < -0.3 is 5.73 Å². The van der Waals surface area contributed by atoms with Gasteiger partial charge in [0.2, 0.25) is 0 Å². The van der Waals surface area contributed by atoms with E-state index in [0.717, 1.165) is 16.7 Å². The van der Waals surface area contributed by atoms with Gasteiger partial charge in [0.05, 0.1) is 5.52 Å². The number of benzene rings is 1. The maximum Gasteiger partial charge on any atom is 0.255 e. The Morgan fingerprint density at radius 1 is 1.14 bits per heavy atom. The van der Waals surface area contributed by atoms with Crippen LogP contribution in [0.25, 0.3) is 16.6 Å². The molecule has 3 aromatic rings. The molecule has 0 amide bonds. The molecule has 1 atom stereocenters. The summed E-state index contributed by atoms with van der Waals surface area (Å²) < 4.78 is 14.7. The van der Waals surface area contributed by atoms with E-state index in [1.165, 1.54) is 22.7 Å². The van der Waals surface area contributed by atoms with Crippen molar-refractivity contribution < 1.29 is 4.39 Å². The molecule has 0 aliphatic heterocycles. The van der Waals surface area contributed by atoms with E-state index in [0.29, 0.717) is 5.52 Å². The van der Waals surface area contributed by atoms with Crippen molar-refractivity contribution in [3.63, 3.8) is 0 Å². The first-order valence-electron chi connectivity index (χ1n) is 6.74. The van der Waals surface area contributed by atoms with Crippen molar-refractivity contribution in [1.82, 2.24) is 4.40 Å². The molecule has 21 heavy (non-hydrogen) atoms. The third-order valence-corrected chi connectivity index (χ3v) is 3.53. The van der Waals surface area contributed by atoms with Gasteiger partial charge in [-0.2, -0.15) is 0 Å². The Kier molecular flexibility index (Phi) is 3.31. The van der Waals surface area contributed by atoms with Crippen LogP contribution in [0.15, 0.2) is 59.5 Å². The molecular formula is C17H15FN2O. The van der Waals surface area contributed by atoms with Gasteiger partial charge in [-0.1, -0.05) is 30.3 Å². The molecule has 0 spiro atoms. The van der Waals surface area contributed by atoms with E-state index in [-0.39, 0.29) is 11.6 Å². The molecule has 1 unspecified atom stereocenters. The minimum atomic E-state index is -0.447. The van der Waals surface area contributed by atoms with Gasteiger partial charge in [-0.05, 0) is 30.2 Å². The quantitative estimate of drug-likeness (QED) is 0.785. The third-order valence-electron chi connectivity index (χ3n) is 3.53. The number of rotatable bonds is 2. The molecule has 3 rings (SSSR count). The Bertz CT molecular complexity index is 854. The van der Waals surface area contributed by atoms with Crippen LogP contribution in [-0.4, -0.2) is 4.40 Å². The fourth-order valence-electron chi connectivity index (χ4n) is 2.56. The van der Waals surface area contributed by atoms with Gasteiger partial charge >= 0.3 is 0 Å². The molecule has 3 nitrogen and oxygen atoms in total. The average molecular weight is 282 g/mol. The summed E-state index contributed by atoms with van der Waals surface area (Å²) in [6.45, 7) is 1.83. The largest absolute Gasteiger partial charge is 0.324 e. The highest BCUT2D eigenvalue weighted by Crippen LogP contribution is 2.30. The van der Waals surface area contributed by atoms with Gasteiger partial charge in [0.15, 0.2) is 0 Å². The molecule has 0 bridgehead atoms. The first-order valence-corrected chi connectivity index (χ1v) is 6.74. The summed E-state index contributed by atoms with van der Waals surface area (Å²) in [7, 11) is 0. The summed E-state index contributed by atoms with van der Waals surface area (Å²) in [6.07, 6.45) is 1.20. The lowest BCUT2D eigenvalue weighted by atomic mass is 9.95. The second kappa shape index (κ2) is 5.14. The Balaban J connectivity index is 2.47. The molecule has 2 aromatic heterocycles. The smallest absolute Gasteiger partial charge is 0.255 e. The number of fused-ring (bicyclic) bond motifs is 1. The van der Waals surface area contributed by atoms with Crippen LogP contribution in [0.1, 0.15) is 18.5 Å². The monoisotopic (exact) mass is 282 g/mol. The van der Waals surface area contributed by atoms with Crippen molar-refractivity contribution >= 4 is 5.52 Å². The van der Waals surface area contributed by atoms with Crippen molar-refractivity contribution in [3.05, 3.63) is 76.5 Å². The molecule has 0 fully saturated rings. The zero-order valence-corrected chi connectivity index (χ0v) is 11.6. The normalized spacial score (nSPS) is 12.5. The van der Waals surface area contributed by atoms with Crippen molar-refractivity contribution in [1.29, 1.82) is 0 Å². The van der Waals surface area contributed by atoms with Gasteiger partial charge in [0, 0.05) is 23.9 Å². The van der Waals surface area contributed by atoms with Gasteiger partial charge in [-0.15, -0.1) is 0 Å². The first-order chi connectivity index (χ1) is 10.1. The van der Waals surface area contributed by atoms with Gasteiger partial charge in [-0.3, -0.25) is 9.20 Å². The van der Waals surface area contributed by atoms with E-state index >= 15 is 0 Å². The number of nitrogens with two attached hydrogens (primary N) is 1. The van der Waals surface area contributed by atoms with E-state index in [4.69, 9.17) is 5.73 Å². The van der Waals surface area contributed by atoms with Crippen LogP contribution >= 0.6 is 0 Å². The maximum atomic E-state index is 13.4. The minimum Gasteiger partial charge on any atom is -0.324 e. The molecule has 0 saturated heterocycles. The number of pyridine rings is 2.